The van der Waals surface area contributed by atoms with Crippen molar-refractivity contribution in [1.82, 2.24) is 4.90 Å². The second-order valence-electron chi connectivity index (χ2n) is 6.84. The zero-order valence-corrected chi connectivity index (χ0v) is 13.9. The Hall–Kier alpha value is -1.80. The van der Waals surface area contributed by atoms with Gasteiger partial charge in [-0.05, 0) is 60.9 Å². The number of benzene rings is 2. The van der Waals surface area contributed by atoms with Gasteiger partial charge < -0.3 is 4.74 Å². The Morgan fingerprint density at radius 2 is 1.91 bits per heavy atom. The van der Waals surface area contributed by atoms with Crippen molar-refractivity contribution >= 4 is 0 Å². The second-order valence-corrected chi connectivity index (χ2v) is 6.84. The van der Waals surface area contributed by atoms with Crippen LogP contribution in [0.3, 0.4) is 0 Å². The molecule has 2 aliphatic rings. The van der Waals surface area contributed by atoms with Gasteiger partial charge >= 0.3 is 0 Å². The highest BCUT2D eigenvalue weighted by Crippen LogP contribution is 2.43. The minimum Gasteiger partial charge on any atom is -0.496 e. The van der Waals surface area contributed by atoms with E-state index in [1.165, 1.54) is 36.9 Å². The summed E-state index contributed by atoms with van der Waals surface area (Å²) in [5, 5.41) is 0. The van der Waals surface area contributed by atoms with E-state index in [1.54, 1.807) is 12.7 Å². The summed E-state index contributed by atoms with van der Waals surface area (Å²) in [5.41, 5.74) is 4.43. The first-order valence-corrected chi connectivity index (χ1v) is 8.80. The van der Waals surface area contributed by atoms with Crippen LogP contribution < -0.4 is 4.74 Å². The molecule has 4 rings (SSSR count). The van der Waals surface area contributed by atoms with Crippen molar-refractivity contribution in [2.75, 3.05) is 13.7 Å². The molecule has 1 fully saturated rings. The molecule has 1 heterocycles. The SMILES string of the molecule is COc1cccc2c1CC[C@@H]1[C@@H]2CCCN1Cc1ccccc1. The summed E-state index contributed by atoms with van der Waals surface area (Å²) in [6, 6.07) is 18.2. The van der Waals surface area contributed by atoms with E-state index in [4.69, 9.17) is 4.74 Å². The molecule has 2 atom stereocenters. The predicted molar refractivity (Wildman–Crippen MR) is 93.9 cm³/mol. The van der Waals surface area contributed by atoms with Gasteiger partial charge in [-0.1, -0.05) is 42.5 Å². The van der Waals surface area contributed by atoms with Crippen molar-refractivity contribution in [3.63, 3.8) is 0 Å². The van der Waals surface area contributed by atoms with Crippen LogP contribution >= 0.6 is 0 Å². The molecule has 0 spiro atoms. The van der Waals surface area contributed by atoms with E-state index < -0.39 is 0 Å². The standard InChI is InChI=1S/C21H25NO/c1-23-21-11-5-9-17-18-10-6-14-22(20(18)13-12-19(17)21)15-16-7-3-2-4-8-16/h2-5,7-9,11,18,20H,6,10,12-15H2,1H3/t18-,20-/m1/s1. The number of hydrogen-bond acceptors (Lipinski definition) is 2. The third-order valence-corrected chi connectivity index (χ3v) is 5.60. The lowest BCUT2D eigenvalue weighted by atomic mass is 9.74. The van der Waals surface area contributed by atoms with Crippen LogP contribution in [0.2, 0.25) is 0 Å². The maximum absolute atomic E-state index is 5.60. The summed E-state index contributed by atoms with van der Waals surface area (Å²) >= 11 is 0. The van der Waals surface area contributed by atoms with Gasteiger partial charge in [0.15, 0.2) is 0 Å². The molecule has 0 saturated carbocycles. The van der Waals surface area contributed by atoms with Crippen LogP contribution in [0, 0.1) is 0 Å². The lowest BCUT2D eigenvalue weighted by molar-refractivity contribution is 0.104. The van der Waals surface area contributed by atoms with Gasteiger partial charge in [0.25, 0.3) is 0 Å². The number of fused-ring (bicyclic) bond motifs is 3. The molecule has 0 bridgehead atoms. The van der Waals surface area contributed by atoms with Crippen molar-refractivity contribution in [3.8, 4) is 5.75 Å². The van der Waals surface area contributed by atoms with E-state index in [1.807, 2.05) is 0 Å². The summed E-state index contributed by atoms with van der Waals surface area (Å²) in [5.74, 6) is 1.76. The van der Waals surface area contributed by atoms with Crippen LogP contribution in [0.4, 0.5) is 0 Å². The lowest BCUT2D eigenvalue weighted by Crippen LogP contribution is -2.45. The normalized spacial score (nSPS) is 23.9. The summed E-state index contributed by atoms with van der Waals surface area (Å²) < 4.78 is 5.60. The van der Waals surface area contributed by atoms with Crippen molar-refractivity contribution in [3.05, 3.63) is 65.2 Å². The van der Waals surface area contributed by atoms with Gasteiger partial charge in [-0.15, -0.1) is 0 Å². The van der Waals surface area contributed by atoms with Gasteiger partial charge in [0, 0.05) is 12.6 Å². The molecule has 0 unspecified atom stereocenters. The fraction of sp³-hybridized carbons (Fsp3) is 0.429. The maximum atomic E-state index is 5.60. The topological polar surface area (TPSA) is 12.5 Å². The molecule has 2 aromatic carbocycles. The number of methoxy groups -OCH3 is 1. The quantitative estimate of drug-likeness (QED) is 0.834. The highest BCUT2D eigenvalue weighted by molar-refractivity contribution is 5.45. The van der Waals surface area contributed by atoms with Crippen molar-refractivity contribution in [2.24, 2.45) is 0 Å². The number of piperidine rings is 1. The molecular weight excluding hydrogens is 282 g/mol. The van der Waals surface area contributed by atoms with Crippen LogP contribution in [0.5, 0.6) is 5.75 Å². The van der Waals surface area contributed by atoms with Gasteiger partial charge in [0.2, 0.25) is 0 Å². The molecule has 2 heteroatoms. The number of nitrogens with zero attached hydrogens (tertiary/aromatic N) is 1. The first kappa shape index (κ1) is 14.8. The monoisotopic (exact) mass is 307 g/mol. The lowest BCUT2D eigenvalue weighted by Gasteiger charge is -2.45. The van der Waals surface area contributed by atoms with E-state index in [0.717, 1.165) is 18.7 Å². The van der Waals surface area contributed by atoms with E-state index >= 15 is 0 Å². The van der Waals surface area contributed by atoms with Crippen LogP contribution in [-0.4, -0.2) is 24.6 Å². The molecule has 0 radical (unpaired) electrons. The van der Waals surface area contributed by atoms with E-state index in [9.17, 15) is 0 Å². The molecule has 23 heavy (non-hydrogen) atoms. The number of hydrogen-bond donors (Lipinski definition) is 0. The molecule has 1 aliphatic carbocycles. The first-order valence-electron chi connectivity index (χ1n) is 8.80. The van der Waals surface area contributed by atoms with Gasteiger partial charge in [-0.3, -0.25) is 4.90 Å². The Balaban J connectivity index is 1.61. The zero-order chi connectivity index (χ0) is 15.6. The van der Waals surface area contributed by atoms with Crippen molar-refractivity contribution in [1.29, 1.82) is 0 Å². The third kappa shape index (κ3) is 2.76. The molecule has 0 N–H and O–H groups in total. The fourth-order valence-electron chi connectivity index (χ4n) is 4.57. The summed E-state index contributed by atoms with van der Waals surface area (Å²) in [6.07, 6.45) is 5.01. The average Bonchev–Trinajstić information content (AvgIpc) is 2.62. The van der Waals surface area contributed by atoms with Crippen LogP contribution in [0.25, 0.3) is 0 Å². The zero-order valence-electron chi connectivity index (χ0n) is 13.9. The number of ether oxygens (including phenoxy) is 1. The fourth-order valence-corrected chi connectivity index (χ4v) is 4.57. The molecule has 120 valence electrons. The Morgan fingerprint density at radius 3 is 2.74 bits per heavy atom. The smallest absolute Gasteiger partial charge is 0.122 e. The van der Waals surface area contributed by atoms with Gasteiger partial charge in [0.1, 0.15) is 5.75 Å². The van der Waals surface area contributed by atoms with Crippen molar-refractivity contribution in [2.45, 2.75) is 44.2 Å². The number of likely N-dealkylation sites (tertiary alicyclic amines) is 1. The largest absolute Gasteiger partial charge is 0.496 e. The minimum absolute atomic E-state index is 0.673. The highest BCUT2D eigenvalue weighted by Gasteiger charge is 2.36. The predicted octanol–water partition coefficient (Wildman–Crippen LogP) is 4.39. The Morgan fingerprint density at radius 1 is 1.04 bits per heavy atom. The Kier molecular flexibility index (Phi) is 4.09. The summed E-state index contributed by atoms with van der Waals surface area (Å²) in [6.45, 7) is 2.32. The van der Waals surface area contributed by atoms with Crippen molar-refractivity contribution < 1.29 is 4.74 Å². The Labute approximate surface area is 139 Å². The molecule has 1 saturated heterocycles. The molecule has 2 aromatic rings. The Bertz CT molecular complexity index is 667. The maximum Gasteiger partial charge on any atom is 0.122 e. The molecule has 0 amide bonds. The molecule has 0 aromatic heterocycles. The second kappa shape index (κ2) is 6.37. The number of rotatable bonds is 3. The average molecular weight is 307 g/mol. The third-order valence-electron chi connectivity index (χ3n) is 5.60. The van der Waals surface area contributed by atoms with E-state index in [2.05, 4.69) is 53.4 Å². The molecular formula is C21H25NO. The van der Waals surface area contributed by atoms with Crippen LogP contribution in [0.15, 0.2) is 48.5 Å². The summed E-state index contributed by atoms with van der Waals surface area (Å²) in [4.78, 5) is 2.71. The van der Waals surface area contributed by atoms with Gasteiger partial charge in [0.05, 0.1) is 7.11 Å². The van der Waals surface area contributed by atoms with Crippen LogP contribution in [-0.2, 0) is 13.0 Å². The molecule has 1 aliphatic heterocycles. The van der Waals surface area contributed by atoms with Crippen LogP contribution in [0.1, 0.15) is 41.9 Å². The highest BCUT2D eigenvalue weighted by atomic mass is 16.5. The van der Waals surface area contributed by atoms with Gasteiger partial charge in [-0.2, -0.15) is 0 Å². The first-order chi connectivity index (χ1) is 11.4. The van der Waals surface area contributed by atoms with Gasteiger partial charge in [-0.25, -0.2) is 0 Å². The molecule has 2 nitrogen and oxygen atoms in total. The minimum atomic E-state index is 0.673. The van der Waals surface area contributed by atoms with E-state index in [0.29, 0.717) is 12.0 Å². The summed E-state index contributed by atoms with van der Waals surface area (Å²) in [7, 11) is 1.80. The van der Waals surface area contributed by atoms with E-state index in [-0.39, 0.29) is 0 Å².